The van der Waals surface area contributed by atoms with Crippen LogP contribution in [0.3, 0.4) is 0 Å². The van der Waals surface area contributed by atoms with Gasteiger partial charge in [0.25, 0.3) is 0 Å². The minimum Gasteiger partial charge on any atom is -0.379 e. The van der Waals surface area contributed by atoms with Crippen molar-refractivity contribution in [3.63, 3.8) is 0 Å². The maximum absolute atomic E-state index is 12.0. The van der Waals surface area contributed by atoms with Crippen molar-refractivity contribution in [3.05, 3.63) is 0 Å². The fourth-order valence-corrected chi connectivity index (χ4v) is 3.87. The van der Waals surface area contributed by atoms with Crippen LogP contribution < -0.4 is 10.6 Å². The standard InChI is InChI=1S/C16H28N2O3.ClH/c19-16(10-12-8-13-2-3-14(9-12)18-13)17-5-1-6-21-15-4-7-20-11-15;/h12-15,18H,1-11H2,(H,17,19);1H. The largest absolute Gasteiger partial charge is 0.379 e. The summed E-state index contributed by atoms with van der Waals surface area (Å²) in [6.07, 6.45) is 7.81. The fourth-order valence-electron chi connectivity index (χ4n) is 3.87. The molecule has 3 unspecified atom stereocenters. The van der Waals surface area contributed by atoms with Gasteiger partial charge in [0.2, 0.25) is 5.91 Å². The van der Waals surface area contributed by atoms with Crippen LogP contribution in [-0.2, 0) is 14.3 Å². The second-order valence-corrected chi connectivity index (χ2v) is 6.74. The molecule has 0 aromatic heterocycles. The van der Waals surface area contributed by atoms with E-state index in [4.69, 9.17) is 9.47 Å². The zero-order valence-electron chi connectivity index (χ0n) is 13.2. The van der Waals surface area contributed by atoms with E-state index in [1.165, 1.54) is 25.7 Å². The molecule has 0 spiro atoms. The Morgan fingerprint density at radius 3 is 2.68 bits per heavy atom. The number of ether oxygens (including phenoxy) is 2. The molecule has 2 N–H and O–H groups in total. The quantitative estimate of drug-likeness (QED) is 0.696. The average Bonchev–Trinajstić information content (AvgIpc) is 3.08. The van der Waals surface area contributed by atoms with Gasteiger partial charge in [-0.15, -0.1) is 12.4 Å². The molecule has 0 aromatic carbocycles. The highest BCUT2D eigenvalue weighted by atomic mass is 35.5. The number of halogens is 1. The molecule has 3 aliphatic rings. The Morgan fingerprint density at radius 2 is 2.00 bits per heavy atom. The summed E-state index contributed by atoms with van der Waals surface area (Å²) >= 11 is 0. The van der Waals surface area contributed by atoms with Crippen molar-refractivity contribution in [3.8, 4) is 0 Å². The van der Waals surface area contributed by atoms with Gasteiger partial charge in [-0.1, -0.05) is 0 Å². The molecule has 0 aliphatic carbocycles. The Balaban J connectivity index is 0.00000176. The topological polar surface area (TPSA) is 59.6 Å². The summed E-state index contributed by atoms with van der Waals surface area (Å²) in [6, 6.07) is 1.34. The van der Waals surface area contributed by atoms with E-state index < -0.39 is 0 Å². The molecule has 3 fully saturated rings. The van der Waals surface area contributed by atoms with Gasteiger partial charge in [0, 0.05) is 38.3 Å². The van der Waals surface area contributed by atoms with Crippen LogP contribution >= 0.6 is 12.4 Å². The number of amides is 1. The number of carbonyl (C=O) groups is 1. The number of rotatable bonds is 7. The summed E-state index contributed by atoms with van der Waals surface area (Å²) in [7, 11) is 0. The molecule has 6 heteroatoms. The van der Waals surface area contributed by atoms with E-state index in [0.717, 1.165) is 32.6 Å². The SMILES string of the molecule is Cl.O=C(CC1CC2CCC(C1)N2)NCCCOC1CCOC1. The van der Waals surface area contributed by atoms with E-state index in [9.17, 15) is 4.79 Å². The highest BCUT2D eigenvalue weighted by Crippen LogP contribution is 2.32. The normalized spacial score (nSPS) is 33.5. The number of nitrogens with one attached hydrogen (secondary N) is 2. The van der Waals surface area contributed by atoms with E-state index >= 15 is 0 Å². The first-order valence-corrected chi connectivity index (χ1v) is 8.51. The molecule has 3 aliphatic heterocycles. The van der Waals surface area contributed by atoms with E-state index in [2.05, 4.69) is 10.6 Å². The summed E-state index contributed by atoms with van der Waals surface area (Å²) in [5.74, 6) is 0.793. The van der Waals surface area contributed by atoms with Gasteiger partial charge >= 0.3 is 0 Å². The highest BCUT2D eigenvalue weighted by molar-refractivity contribution is 5.85. The number of piperidine rings is 1. The molecule has 3 rings (SSSR count). The van der Waals surface area contributed by atoms with Crippen LogP contribution in [0.15, 0.2) is 0 Å². The number of carbonyl (C=O) groups excluding carboxylic acids is 1. The van der Waals surface area contributed by atoms with Gasteiger partial charge in [0.05, 0.1) is 12.7 Å². The molecular weight excluding hydrogens is 304 g/mol. The Hall–Kier alpha value is -0.360. The molecule has 3 saturated heterocycles. The van der Waals surface area contributed by atoms with Gasteiger partial charge in [-0.2, -0.15) is 0 Å². The third kappa shape index (κ3) is 5.37. The molecular formula is C16H29ClN2O3. The number of hydrogen-bond acceptors (Lipinski definition) is 4. The Labute approximate surface area is 139 Å². The lowest BCUT2D eigenvalue weighted by molar-refractivity contribution is -0.122. The van der Waals surface area contributed by atoms with Crippen LogP contribution in [0.4, 0.5) is 0 Å². The molecule has 0 aromatic rings. The van der Waals surface area contributed by atoms with Crippen molar-refractivity contribution in [2.24, 2.45) is 5.92 Å². The Morgan fingerprint density at radius 1 is 1.23 bits per heavy atom. The maximum atomic E-state index is 12.0. The maximum Gasteiger partial charge on any atom is 0.220 e. The third-order valence-corrected chi connectivity index (χ3v) is 4.93. The third-order valence-electron chi connectivity index (χ3n) is 4.93. The predicted molar refractivity (Wildman–Crippen MR) is 87.3 cm³/mol. The summed E-state index contributed by atoms with van der Waals surface area (Å²) in [5, 5.41) is 6.66. The van der Waals surface area contributed by atoms with Gasteiger partial charge in [0.15, 0.2) is 0 Å². The van der Waals surface area contributed by atoms with Gasteiger partial charge in [-0.05, 0) is 44.4 Å². The first-order chi connectivity index (χ1) is 10.3. The van der Waals surface area contributed by atoms with Gasteiger partial charge in [-0.3, -0.25) is 4.79 Å². The minimum absolute atomic E-state index is 0. The smallest absolute Gasteiger partial charge is 0.220 e. The number of hydrogen-bond donors (Lipinski definition) is 2. The molecule has 2 bridgehead atoms. The van der Waals surface area contributed by atoms with E-state index in [1.54, 1.807) is 0 Å². The van der Waals surface area contributed by atoms with Crippen LogP contribution in [0.5, 0.6) is 0 Å². The lowest BCUT2D eigenvalue weighted by Gasteiger charge is -2.28. The van der Waals surface area contributed by atoms with Crippen LogP contribution in [0, 0.1) is 5.92 Å². The molecule has 3 heterocycles. The minimum atomic E-state index is 0. The van der Waals surface area contributed by atoms with Crippen molar-refractivity contribution in [1.82, 2.24) is 10.6 Å². The molecule has 0 saturated carbocycles. The van der Waals surface area contributed by atoms with Crippen LogP contribution in [0.2, 0.25) is 0 Å². The predicted octanol–water partition coefficient (Wildman–Crippen LogP) is 1.64. The zero-order chi connectivity index (χ0) is 14.5. The zero-order valence-corrected chi connectivity index (χ0v) is 14.0. The monoisotopic (exact) mass is 332 g/mol. The van der Waals surface area contributed by atoms with Gasteiger partial charge < -0.3 is 20.1 Å². The van der Waals surface area contributed by atoms with Gasteiger partial charge in [0.1, 0.15) is 0 Å². The second kappa shape index (κ2) is 9.06. The Kier molecular flexibility index (Phi) is 7.41. The van der Waals surface area contributed by atoms with Crippen LogP contribution in [-0.4, -0.2) is 50.5 Å². The molecule has 0 radical (unpaired) electrons. The highest BCUT2D eigenvalue weighted by Gasteiger charge is 2.34. The lowest BCUT2D eigenvalue weighted by atomic mass is 9.89. The summed E-state index contributed by atoms with van der Waals surface area (Å²) in [4.78, 5) is 12.0. The van der Waals surface area contributed by atoms with E-state index in [-0.39, 0.29) is 24.4 Å². The fraction of sp³-hybridized carbons (Fsp3) is 0.938. The molecule has 3 atom stereocenters. The van der Waals surface area contributed by atoms with E-state index in [1.807, 2.05) is 0 Å². The second-order valence-electron chi connectivity index (χ2n) is 6.74. The van der Waals surface area contributed by atoms with Gasteiger partial charge in [-0.25, -0.2) is 0 Å². The van der Waals surface area contributed by atoms with Crippen LogP contribution in [0.1, 0.15) is 44.9 Å². The molecule has 128 valence electrons. The lowest BCUT2D eigenvalue weighted by Crippen LogP contribution is -2.39. The van der Waals surface area contributed by atoms with Crippen molar-refractivity contribution in [2.75, 3.05) is 26.4 Å². The molecule has 22 heavy (non-hydrogen) atoms. The summed E-state index contributed by atoms with van der Waals surface area (Å²) in [6.45, 7) is 2.99. The first kappa shape index (κ1) is 18.0. The number of fused-ring (bicyclic) bond motifs is 2. The summed E-state index contributed by atoms with van der Waals surface area (Å²) in [5.41, 5.74) is 0. The van der Waals surface area contributed by atoms with Crippen molar-refractivity contribution in [1.29, 1.82) is 0 Å². The van der Waals surface area contributed by atoms with Crippen molar-refractivity contribution >= 4 is 18.3 Å². The van der Waals surface area contributed by atoms with E-state index in [0.29, 0.717) is 31.0 Å². The van der Waals surface area contributed by atoms with Crippen molar-refractivity contribution < 1.29 is 14.3 Å². The Bertz CT molecular complexity index is 338. The first-order valence-electron chi connectivity index (χ1n) is 8.51. The van der Waals surface area contributed by atoms with Crippen LogP contribution in [0.25, 0.3) is 0 Å². The van der Waals surface area contributed by atoms with Crippen molar-refractivity contribution in [2.45, 2.75) is 63.1 Å². The molecule has 1 amide bonds. The summed E-state index contributed by atoms with van der Waals surface area (Å²) < 4.78 is 10.9. The average molecular weight is 333 g/mol. The molecule has 5 nitrogen and oxygen atoms in total.